The summed E-state index contributed by atoms with van der Waals surface area (Å²) >= 11 is 0. The van der Waals surface area contributed by atoms with E-state index in [2.05, 4.69) is 10.3 Å². The SMILES string of the molecule is Cn1cnc(C(=O)Nc2ccc(F)cc2C(=O)O)c1. The number of carboxylic acid groups (broad SMARTS) is 1. The van der Waals surface area contributed by atoms with Crippen molar-refractivity contribution < 1.29 is 19.1 Å². The van der Waals surface area contributed by atoms with E-state index in [1.165, 1.54) is 18.6 Å². The number of hydrogen-bond donors (Lipinski definition) is 2. The van der Waals surface area contributed by atoms with Gasteiger partial charge in [0.05, 0.1) is 17.6 Å². The number of nitrogens with zero attached hydrogens (tertiary/aromatic N) is 2. The topological polar surface area (TPSA) is 84.2 Å². The molecular weight excluding hydrogens is 253 g/mol. The fourth-order valence-corrected chi connectivity index (χ4v) is 1.52. The minimum absolute atomic E-state index is 0.0181. The second-order valence-corrected chi connectivity index (χ2v) is 3.87. The van der Waals surface area contributed by atoms with E-state index in [0.29, 0.717) is 0 Å². The average molecular weight is 263 g/mol. The third-order valence-electron chi connectivity index (χ3n) is 2.40. The van der Waals surface area contributed by atoms with Crippen LogP contribution in [-0.4, -0.2) is 26.5 Å². The van der Waals surface area contributed by atoms with E-state index in [1.54, 1.807) is 11.6 Å². The van der Waals surface area contributed by atoms with Crippen molar-refractivity contribution in [3.63, 3.8) is 0 Å². The first-order valence-electron chi connectivity index (χ1n) is 5.29. The lowest BCUT2D eigenvalue weighted by Gasteiger charge is -2.07. The highest BCUT2D eigenvalue weighted by molar-refractivity contribution is 6.06. The van der Waals surface area contributed by atoms with Gasteiger partial charge in [-0.1, -0.05) is 0 Å². The zero-order valence-corrected chi connectivity index (χ0v) is 9.92. The lowest BCUT2D eigenvalue weighted by atomic mass is 10.1. The summed E-state index contributed by atoms with van der Waals surface area (Å²) in [5.41, 5.74) is -0.156. The normalized spacial score (nSPS) is 10.2. The number of halogens is 1. The van der Waals surface area contributed by atoms with Gasteiger partial charge in [-0.2, -0.15) is 0 Å². The van der Waals surface area contributed by atoms with Gasteiger partial charge < -0.3 is 15.0 Å². The third-order valence-corrected chi connectivity index (χ3v) is 2.40. The first-order chi connectivity index (χ1) is 8.97. The van der Waals surface area contributed by atoms with E-state index in [1.807, 2.05) is 0 Å². The number of carbonyl (C=O) groups is 2. The quantitative estimate of drug-likeness (QED) is 0.879. The van der Waals surface area contributed by atoms with Crippen LogP contribution in [-0.2, 0) is 7.05 Å². The van der Waals surface area contributed by atoms with Crippen LogP contribution in [0.25, 0.3) is 0 Å². The molecule has 0 saturated heterocycles. The zero-order valence-electron chi connectivity index (χ0n) is 9.92. The Balaban J connectivity index is 2.28. The van der Waals surface area contributed by atoms with Crippen LogP contribution >= 0.6 is 0 Å². The standard InChI is InChI=1S/C12H10FN3O3/c1-16-5-10(14-6-16)11(17)15-9-3-2-7(13)4-8(9)12(18)19/h2-6H,1H3,(H,15,17)(H,18,19). The summed E-state index contributed by atoms with van der Waals surface area (Å²) in [5, 5.41) is 11.3. The highest BCUT2D eigenvalue weighted by Crippen LogP contribution is 2.17. The number of benzene rings is 1. The van der Waals surface area contributed by atoms with Gasteiger partial charge in [-0.15, -0.1) is 0 Å². The van der Waals surface area contributed by atoms with Crippen LogP contribution in [0.2, 0.25) is 0 Å². The van der Waals surface area contributed by atoms with Crippen LogP contribution in [0, 0.1) is 5.82 Å². The zero-order chi connectivity index (χ0) is 14.0. The van der Waals surface area contributed by atoms with Crippen molar-refractivity contribution in [2.75, 3.05) is 5.32 Å². The first kappa shape index (κ1) is 12.7. The van der Waals surface area contributed by atoms with Gasteiger partial charge in [0.1, 0.15) is 11.5 Å². The van der Waals surface area contributed by atoms with Crippen LogP contribution in [0.3, 0.4) is 0 Å². The fourth-order valence-electron chi connectivity index (χ4n) is 1.52. The molecule has 1 heterocycles. The second kappa shape index (κ2) is 4.89. The summed E-state index contributed by atoms with van der Waals surface area (Å²) in [7, 11) is 1.70. The van der Waals surface area contributed by atoms with E-state index in [9.17, 15) is 14.0 Å². The molecule has 2 rings (SSSR count). The molecular formula is C12H10FN3O3. The number of imidazole rings is 1. The Morgan fingerprint density at radius 3 is 2.74 bits per heavy atom. The molecule has 7 heteroatoms. The van der Waals surface area contributed by atoms with E-state index in [-0.39, 0.29) is 16.9 Å². The number of amides is 1. The van der Waals surface area contributed by atoms with E-state index in [0.717, 1.165) is 12.1 Å². The summed E-state index contributed by atoms with van der Waals surface area (Å²) in [4.78, 5) is 26.6. The van der Waals surface area contributed by atoms with Gasteiger partial charge in [0.2, 0.25) is 0 Å². The molecule has 2 aromatic rings. The Hall–Kier alpha value is -2.70. The summed E-state index contributed by atoms with van der Waals surface area (Å²) in [6.45, 7) is 0. The van der Waals surface area contributed by atoms with Gasteiger partial charge in [-0.05, 0) is 18.2 Å². The van der Waals surface area contributed by atoms with Crippen molar-refractivity contribution in [3.8, 4) is 0 Å². The third kappa shape index (κ3) is 2.76. The number of aryl methyl sites for hydroxylation is 1. The van der Waals surface area contributed by atoms with Crippen molar-refractivity contribution >= 4 is 17.6 Å². The van der Waals surface area contributed by atoms with Crippen LogP contribution in [0.5, 0.6) is 0 Å². The van der Waals surface area contributed by atoms with Gasteiger partial charge >= 0.3 is 5.97 Å². The van der Waals surface area contributed by atoms with Gasteiger partial charge in [0, 0.05) is 13.2 Å². The second-order valence-electron chi connectivity index (χ2n) is 3.87. The number of aromatic carboxylic acids is 1. The Labute approximate surface area is 107 Å². The number of carboxylic acids is 1. The summed E-state index contributed by atoms with van der Waals surface area (Å²) in [6.07, 6.45) is 2.93. The molecule has 1 aromatic carbocycles. The van der Waals surface area contributed by atoms with Crippen LogP contribution < -0.4 is 5.32 Å². The molecule has 0 aliphatic rings. The smallest absolute Gasteiger partial charge is 0.337 e. The maximum atomic E-state index is 13.0. The highest BCUT2D eigenvalue weighted by atomic mass is 19.1. The maximum absolute atomic E-state index is 13.0. The van der Waals surface area contributed by atoms with Crippen molar-refractivity contribution in [2.45, 2.75) is 0 Å². The minimum Gasteiger partial charge on any atom is -0.478 e. The van der Waals surface area contributed by atoms with E-state index >= 15 is 0 Å². The number of aromatic nitrogens is 2. The highest BCUT2D eigenvalue weighted by Gasteiger charge is 2.15. The predicted molar refractivity (Wildman–Crippen MR) is 64.5 cm³/mol. The van der Waals surface area contributed by atoms with Crippen molar-refractivity contribution in [2.24, 2.45) is 7.05 Å². The minimum atomic E-state index is -1.32. The molecule has 0 aliphatic heterocycles. The number of nitrogens with one attached hydrogen (secondary N) is 1. The molecule has 0 spiro atoms. The lowest BCUT2D eigenvalue weighted by molar-refractivity contribution is 0.0697. The summed E-state index contributed by atoms with van der Waals surface area (Å²) < 4.78 is 14.6. The monoisotopic (exact) mass is 263 g/mol. The fraction of sp³-hybridized carbons (Fsp3) is 0.0833. The Morgan fingerprint density at radius 2 is 2.16 bits per heavy atom. The number of rotatable bonds is 3. The molecule has 0 saturated carbocycles. The number of anilines is 1. The van der Waals surface area contributed by atoms with Gasteiger partial charge in [0.15, 0.2) is 0 Å². The average Bonchev–Trinajstić information content (AvgIpc) is 2.78. The summed E-state index contributed by atoms with van der Waals surface area (Å²) in [6, 6.07) is 3.11. The maximum Gasteiger partial charge on any atom is 0.337 e. The molecule has 98 valence electrons. The van der Waals surface area contributed by atoms with Gasteiger partial charge in [-0.3, -0.25) is 4.79 Å². The molecule has 1 aromatic heterocycles. The van der Waals surface area contributed by atoms with E-state index < -0.39 is 17.7 Å². The molecule has 6 nitrogen and oxygen atoms in total. The van der Waals surface area contributed by atoms with Crippen LogP contribution in [0.15, 0.2) is 30.7 Å². The number of hydrogen-bond acceptors (Lipinski definition) is 3. The van der Waals surface area contributed by atoms with Gasteiger partial charge in [0.25, 0.3) is 5.91 Å². The van der Waals surface area contributed by atoms with Crippen LogP contribution in [0.1, 0.15) is 20.8 Å². The molecule has 1 amide bonds. The molecule has 2 N–H and O–H groups in total. The van der Waals surface area contributed by atoms with Gasteiger partial charge in [-0.25, -0.2) is 14.2 Å². The molecule has 0 aliphatic carbocycles. The molecule has 0 unspecified atom stereocenters. The molecule has 0 radical (unpaired) electrons. The molecule has 19 heavy (non-hydrogen) atoms. The lowest BCUT2D eigenvalue weighted by Crippen LogP contribution is -2.15. The predicted octanol–water partition coefficient (Wildman–Crippen LogP) is 1.51. The Bertz CT molecular complexity index is 651. The first-order valence-corrected chi connectivity index (χ1v) is 5.29. The molecule has 0 atom stereocenters. The number of carbonyl (C=O) groups excluding carboxylic acids is 1. The summed E-state index contributed by atoms with van der Waals surface area (Å²) in [5.74, 6) is -2.57. The van der Waals surface area contributed by atoms with Crippen molar-refractivity contribution in [1.82, 2.24) is 9.55 Å². The Morgan fingerprint density at radius 1 is 1.42 bits per heavy atom. The van der Waals surface area contributed by atoms with E-state index in [4.69, 9.17) is 5.11 Å². The van der Waals surface area contributed by atoms with Crippen LogP contribution in [0.4, 0.5) is 10.1 Å². The van der Waals surface area contributed by atoms with Crippen molar-refractivity contribution in [1.29, 1.82) is 0 Å². The largest absolute Gasteiger partial charge is 0.478 e. The Kier molecular flexibility index (Phi) is 3.28. The molecule has 0 fully saturated rings. The molecule has 0 bridgehead atoms. The van der Waals surface area contributed by atoms with Crippen molar-refractivity contribution in [3.05, 3.63) is 47.8 Å².